The van der Waals surface area contributed by atoms with E-state index in [1.165, 1.54) is 0 Å². The number of carbonyl (C=O) groups is 2. The summed E-state index contributed by atoms with van der Waals surface area (Å²) in [5, 5.41) is 5.32. The van der Waals surface area contributed by atoms with Gasteiger partial charge in [0.15, 0.2) is 0 Å². The second-order valence-corrected chi connectivity index (χ2v) is 6.12. The summed E-state index contributed by atoms with van der Waals surface area (Å²) in [4.78, 5) is 24.8. The van der Waals surface area contributed by atoms with E-state index < -0.39 is 17.5 Å². The minimum atomic E-state index is -0.970. The van der Waals surface area contributed by atoms with Gasteiger partial charge in [0.2, 0.25) is 0 Å². The highest BCUT2D eigenvalue weighted by molar-refractivity contribution is 6.09. The number of rotatable bonds is 6. The first kappa shape index (κ1) is 19.2. The summed E-state index contributed by atoms with van der Waals surface area (Å²) in [5.41, 5.74) is 1.29. The Bertz CT molecular complexity index is 991. The molecule has 4 nitrogen and oxygen atoms in total. The average Bonchev–Trinajstić information content (AvgIpc) is 2.69. The molecule has 3 aromatic rings. The van der Waals surface area contributed by atoms with Crippen LogP contribution in [0.4, 0.5) is 14.5 Å². The number of carbonyl (C=O) groups excluding carboxylic acids is 2. The fourth-order valence-corrected chi connectivity index (χ4v) is 2.71. The molecule has 0 aliphatic carbocycles. The molecular formula is C22H18F2N2O2. The Balaban J connectivity index is 1.68. The van der Waals surface area contributed by atoms with Crippen LogP contribution in [0, 0.1) is 11.6 Å². The van der Waals surface area contributed by atoms with E-state index >= 15 is 0 Å². The monoisotopic (exact) mass is 380 g/mol. The molecule has 0 heterocycles. The number of nitrogens with one attached hydrogen (secondary N) is 2. The van der Waals surface area contributed by atoms with Crippen molar-refractivity contribution in [2.75, 3.05) is 11.9 Å². The number of benzene rings is 3. The first-order valence-corrected chi connectivity index (χ1v) is 8.72. The van der Waals surface area contributed by atoms with E-state index in [9.17, 15) is 18.4 Å². The molecular weight excluding hydrogens is 362 g/mol. The number of halogens is 2. The van der Waals surface area contributed by atoms with Gasteiger partial charge in [-0.3, -0.25) is 9.59 Å². The number of anilines is 1. The molecule has 0 aromatic heterocycles. The standard InChI is InChI=1S/C22H18F2N2O2/c23-16-10-11-17(19(24)14-16)22(28)26-20-9-5-4-8-18(20)21(27)25-13-12-15-6-2-1-3-7-15/h1-11,14H,12-13H2,(H,25,27)(H,26,28). The number of hydrogen-bond acceptors (Lipinski definition) is 2. The summed E-state index contributed by atoms with van der Waals surface area (Å²) < 4.78 is 26.8. The Morgan fingerprint density at radius 2 is 1.50 bits per heavy atom. The van der Waals surface area contributed by atoms with Gasteiger partial charge in [-0.25, -0.2) is 8.78 Å². The zero-order chi connectivity index (χ0) is 19.9. The SMILES string of the molecule is O=C(Nc1ccccc1C(=O)NCCc1ccccc1)c1ccc(F)cc1F. The van der Waals surface area contributed by atoms with Gasteiger partial charge in [-0.2, -0.15) is 0 Å². The first-order valence-electron chi connectivity index (χ1n) is 8.72. The summed E-state index contributed by atoms with van der Waals surface area (Å²) >= 11 is 0. The van der Waals surface area contributed by atoms with Gasteiger partial charge in [-0.15, -0.1) is 0 Å². The van der Waals surface area contributed by atoms with Crippen molar-refractivity contribution in [2.45, 2.75) is 6.42 Å². The summed E-state index contributed by atoms with van der Waals surface area (Å²) in [6, 6.07) is 18.8. The number of amides is 2. The quantitative estimate of drug-likeness (QED) is 0.674. The normalized spacial score (nSPS) is 10.4. The highest BCUT2D eigenvalue weighted by Gasteiger charge is 2.16. The molecule has 0 saturated heterocycles. The van der Waals surface area contributed by atoms with E-state index in [2.05, 4.69) is 10.6 Å². The molecule has 0 fully saturated rings. The van der Waals surface area contributed by atoms with Crippen LogP contribution in [0.3, 0.4) is 0 Å². The molecule has 6 heteroatoms. The molecule has 0 unspecified atom stereocenters. The molecule has 28 heavy (non-hydrogen) atoms. The lowest BCUT2D eigenvalue weighted by Crippen LogP contribution is -2.27. The predicted molar refractivity (Wildman–Crippen MR) is 103 cm³/mol. The van der Waals surface area contributed by atoms with Crippen LogP contribution in [0.25, 0.3) is 0 Å². The van der Waals surface area contributed by atoms with Crippen LogP contribution in [0.15, 0.2) is 72.8 Å². The van der Waals surface area contributed by atoms with E-state index in [4.69, 9.17) is 0 Å². The van der Waals surface area contributed by atoms with E-state index in [-0.39, 0.29) is 22.7 Å². The highest BCUT2D eigenvalue weighted by Crippen LogP contribution is 2.18. The maximum Gasteiger partial charge on any atom is 0.258 e. The molecule has 0 spiro atoms. The van der Waals surface area contributed by atoms with Crippen molar-refractivity contribution in [2.24, 2.45) is 0 Å². The Morgan fingerprint density at radius 3 is 2.25 bits per heavy atom. The third-order valence-corrected chi connectivity index (χ3v) is 4.14. The van der Waals surface area contributed by atoms with Crippen molar-refractivity contribution in [3.63, 3.8) is 0 Å². The van der Waals surface area contributed by atoms with Crippen molar-refractivity contribution >= 4 is 17.5 Å². The van der Waals surface area contributed by atoms with Crippen LogP contribution in [0.2, 0.25) is 0 Å². The molecule has 0 radical (unpaired) electrons. The van der Waals surface area contributed by atoms with Gasteiger partial charge in [0.05, 0.1) is 16.8 Å². The van der Waals surface area contributed by atoms with Gasteiger partial charge in [-0.1, -0.05) is 42.5 Å². The molecule has 142 valence electrons. The van der Waals surface area contributed by atoms with Crippen LogP contribution < -0.4 is 10.6 Å². The number of hydrogen-bond donors (Lipinski definition) is 2. The van der Waals surface area contributed by atoms with Crippen LogP contribution in [-0.2, 0) is 6.42 Å². The van der Waals surface area contributed by atoms with Crippen molar-refractivity contribution in [3.8, 4) is 0 Å². The Hall–Kier alpha value is -3.54. The minimum Gasteiger partial charge on any atom is -0.352 e. The van der Waals surface area contributed by atoms with Gasteiger partial charge in [-0.05, 0) is 36.2 Å². The smallest absolute Gasteiger partial charge is 0.258 e. The zero-order valence-corrected chi connectivity index (χ0v) is 14.9. The molecule has 3 aromatic carbocycles. The lowest BCUT2D eigenvalue weighted by molar-refractivity contribution is 0.0955. The predicted octanol–water partition coefficient (Wildman–Crippen LogP) is 4.19. The van der Waals surface area contributed by atoms with Crippen molar-refractivity contribution < 1.29 is 18.4 Å². The topological polar surface area (TPSA) is 58.2 Å². The van der Waals surface area contributed by atoms with Crippen molar-refractivity contribution in [1.82, 2.24) is 5.32 Å². The van der Waals surface area contributed by atoms with Crippen LogP contribution in [-0.4, -0.2) is 18.4 Å². The second-order valence-electron chi connectivity index (χ2n) is 6.12. The molecule has 0 aliphatic heterocycles. The summed E-state index contributed by atoms with van der Waals surface area (Å²) in [6.45, 7) is 0.428. The van der Waals surface area contributed by atoms with Gasteiger partial charge in [0.25, 0.3) is 11.8 Å². The van der Waals surface area contributed by atoms with Crippen LogP contribution in [0.1, 0.15) is 26.3 Å². The van der Waals surface area contributed by atoms with E-state index in [1.54, 1.807) is 24.3 Å². The molecule has 3 rings (SSSR count). The van der Waals surface area contributed by atoms with Crippen LogP contribution in [0.5, 0.6) is 0 Å². The Labute approximate surface area is 161 Å². The number of para-hydroxylation sites is 1. The van der Waals surface area contributed by atoms with Crippen molar-refractivity contribution in [1.29, 1.82) is 0 Å². The maximum absolute atomic E-state index is 13.8. The largest absolute Gasteiger partial charge is 0.352 e. The lowest BCUT2D eigenvalue weighted by atomic mass is 10.1. The first-order chi connectivity index (χ1) is 13.5. The fourth-order valence-electron chi connectivity index (χ4n) is 2.71. The Morgan fingerprint density at radius 1 is 0.786 bits per heavy atom. The highest BCUT2D eigenvalue weighted by atomic mass is 19.1. The summed E-state index contributed by atoms with van der Waals surface area (Å²) in [7, 11) is 0. The van der Waals surface area contributed by atoms with Crippen LogP contribution >= 0.6 is 0 Å². The minimum absolute atomic E-state index is 0.244. The van der Waals surface area contributed by atoms with Crippen molar-refractivity contribution in [3.05, 3.63) is 101 Å². The van der Waals surface area contributed by atoms with Gasteiger partial charge in [0.1, 0.15) is 11.6 Å². The summed E-state index contributed by atoms with van der Waals surface area (Å²) in [5.74, 6) is -2.86. The zero-order valence-electron chi connectivity index (χ0n) is 14.9. The third kappa shape index (κ3) is 4.79. The second kappa shape index (κ2) is 8.90. The van der Waals surface area contributed by atoms with Gasteiger partial charge in [0, 0.05) is 12.6 Å². The average molecular weight is 380 g/mol. The molecule has 0 saturated carbocycles. The lowest BCUT2D eigenvalue weighted by Gasteiger charge is -2.12. The summed E-state index contributed by atoms with van der Waals surface area (Å²) in [6.07, 6.45) is 0.669. The molecule has 0 aliphatic rings. The molecule has 2 N–H and O–H groups in total. The maximum atomic E-state index is 13.8. The molecule has 0 bridgehead atoms. The van der Waals surface area contributed by atoms with Gasteiger partial charge < -0.3 is 10.6 Å². The fraction of sp³-hybridized carbons (Fsp3) is 0.0909. The van der Waals surface area contributed by atoms with E-state index in [1.807, 2.05) is 30.3 Å². The molecule has 2 amide bonds. The van der Waals surface area contributed by atoms with Gasteiger partial charge >= 0.3 is 0 Å². The van der Waals surface area contributed by atoms with E-state index in [0.717, 1.165) is 17.7 Å². The third-order valence-electron chi connectivity index (χ3n) is 4.14. The Kier molecular flexibility index (Phi) is 6.11. The van der Waals surface area contributed by atoms with E-state index in [0.29, 0.717) is 19.0 Å². The molecule has 0 atom stereocenters.